The number of halogens is 1. The van der Waals surface area contributed by atoms with Gasteiger partial charge in [0.25, 0.3) is 0 Å². The Kier molecular flexibility index (Phi) is 5.16. The molecule has 0 unspecified atom stereocenters. The topological polar surface area (TPSA) is 94.1 Å². The molecule has 28 heavy (non-hydrogen) atoms. The molecule has 140 valence electrons. The van der Waals surface area contributed by atoms with Crippen LogP contribution in [0.25, 0.3) is 22.8 Å². The van der Waals surface area contributed by atoms with Crippen molar-refractivity contribution < 1.29 is 13.7 Å². The molecule has 2 heterocycles. The molecule has 0 saturated carbocycles. The molecule has 0 saturated heterocycles. The number of benzene rings is 2. The lowest BCUT2D eigenvalue weighted by Gasteiger charge is -1.99. The minimum absolute atomic E-state index is 0.0801. The summed E-state index contributed by atoms with van der Waals surface area (Å²) in [7, 11) is 0. The van der Waals surface area contributed by atoms with E-state index in [0.717, 1.165) is 11.1 Å². The molecule has 0 spiro atoms. The lowest BCUT2D eigenvalue weighted by Crippen LogP contribution is -2.24. The van der Waals surface area contributed by atoms with E-state index in [1.807, 2.05) is 42.5 Å². The van der Waals surface area contributed by atoms with E-state index in [0.29, 0.717) is 28.3 Å². The maximum absolute atomic E-state index is 12.2. The van der Waals surface area contributed by atoms with Crippen molar-refractivity contribution in [3.05, 3.63) is 77.3 Å². The first-order valence-electron chi connectivity index (χ1n) is 8.53. The fourth-order valence-corrected chi connectivity index (χ4v) is 2.69. The fourth-order valence-electron chi connectivity index (χ4n) is 2.57. The van der Waals surface area contributed by atoms with Gasteiger partial charge in [-0.1, -0.05) is 35.0 Å². The fraction of sp³-hybridized carbons (Fsp3) is 0.100. The van der Waals surface area contributed by atoms with E-state index in [9.17, 15) is 4.79 Å². The van der Waals surface area contributed by atoms with Gasteiger partial charge in [-0.05, 0) is 36.4 Å². The Morgan fingerprint density at radius 2 is 1.79 bits per heavy atom. The highest BCUT2D eigenvalue weighted by Crippen LogP contribution is 2.22. The highest BCUT2D eigenvalue weighted by atomic mass is 35.5. The van der Waals surface area contributed by atoms with Gasteiger partial charge in [-0.15, -0.1) is 10.2 Å². The van der Waals surface area contributed by atoms with Crippen molar-refractivity contribution >= 4 is 17.5 Å². The highest BCUT2D eigenvalue weighted by Gasteiger charge is 2.13. The van der Waals surface area contributed by atoms with Gasteiger partial charge in [-0.2, -0.15) is 0 Å². The predicted octanol–water partition coefficient (Wildman–Crippen LogP) is 3.90. The number of amides is 1. The van der Waals surface area contributed by atoms with Crippen LogP contribution >= 0.6 is 11.6 Å². The van der Waals surface area contributed by atoms with Crippen LogP contribution in [-0.2, 0) is 17.8 Å². The molecule has 2 aromatic carbocycles. The Bertz CT molecular complexity index is 1070. The van der Waals surface area contributed by atoms with E-state index in [-0.39, 0.29) is 18.9 Å². The lowest BCUT2D eigenvalue weighted by molar-refractivity contribution is -0.120. The van der Waals surface area contributed by atoms with Crippen LogP contribution in [-0.4, -0.2) is 21.3 Å². The SMILES string of the molecule is O=C(Cc1cc(-c2ccc(Cl)cc2)on1)NCc1nnc(-c2ccccc2)o1. The first-order chi connectivity index (χ1) is 13.7. The lowest BCUT2D eigenvalue weighted by atomic mass is 10.1. The van der Waals surface area contributed by atoms with Gasteiger partial charge in [0.2, 0.25) is 17.7 Å². The molecule has 7 nitrogen and oxygen atoms in total. The molecule has 0 radical (unpaired) electrons. The van der Waals surface area contributed by atoms with Crippen LogP contribution in [0.15, 0.2) is 69.6 Å². The first kappa shape index (κ1) is 17.9. The second-order valence-electron chi connectivity index (χ2n) is 6.01. The monoisotopic (exact) mass is 394 g/mol. The zero-order valence-electron chi connectivity index (χ0n) is 14.6. The predicted molar refractivity (Wildman–Crippen MR) is 102 cm³/mol. The summed E-state index contributed by atoms with van der Waals surface area (Å²) in [5.41, 5.74) is 2.19. The minimum atomic E-state index is -0.226. The van der Waals surface area contributed by atoms with Gasteiger partial charge < -0.3 is 14.3 Å². The maximum Gasteiger partial charge on any atom is 0.247 e. The molecule has 0 fully saturated rings. The minimum Gasteiger partial charge on any atom is -0.419 e. The quantitative estimate of drug-likeness (QED) is 0.533. The van der Waals surface area contributed by atoms with Crippen molar-refractivity contribution in [2.45, 2.75) is 13.0 Å². The number of nitrogens with zero attached hydrogens (tertiary/aromatic N) is 3. The first-order valence-corrected chi connectivity index (χ1v) is 8.91. The second-order valence-corrected chi connectivity index (χ2v) is 6.45. The third-order valence-electron chi connectivity index (χ3n) is 3.95. The standard InChI is InChI=1S/C20H15ClN4O3/c21-15-8-6-13(7-9-15)17-10-16(25-28-17)11-18(26)22-12-19-23-24-20(27-19)14-4-2-1-3-5-14/h1-10H,11-12H2,(H,22,26). The molecule has 1 amide bonds. The Morgan fingerprint density at radius 1 is 1.00 bits per heavy atom. The molecule has 2 aromatic heterocycles. The van der Waals surface area contributed by atoms with Crippen LogP contribution in [0, 0.1) is 0 Å². The van der Waals surface area contributed by atoms with Crippen LogP contribution in [0.1, 0.15) is 11.6 Å². The van der Waals surface area contributed by atoms with Gasteiger partial charge >= 0.3 is 0 Å². The second kappa shape index (κ2) is 8.06. The average Bonchev–Trinajstić information content (AvgIpc) is 3.37. The van der Waals surface area contributed by atoms with Crippen LogP contribution in [0.5, 0.6) is 0 Å². The van der Waals surface area contributed by atoms with Crippen molar-refractivity contribution in [3.8, 4) is 22.8 Å². The molecule has 0 aliphatic heterocycles. The van der Waals surface area contributed by atoms with Gasteiger partial charge in [0.1, 0.15) is 0 Å². The number of carbonyl (C=O) groups is 1. The summed E-state index contributed by atoms with van der Waals surface area (Å²) in [4.78, 5) is 12.2. The van der Waals surface area contributed by atoms with Crippen molar-refractivity contribution in [1.82, 2.24) is 20.7 Å². The summed E-state index contributed by atoms with van der Waals surface area (Å²) >= 11 is 5.88. The maximum atomic E-state index is 12.2. The van der Waals surface area contributed by atoms with Crippen molar-refractivity contribution in [3.63, 3.8) is 0 Å². The summed E-state index contributed by atoms with van der Waals surface area (Å²) in [6.45, 7) is 0.139. The number of nitrogens with one attached hydrogen (secondary N) is 1. The van der Waals surface area contributed by atoms with Crippen LogP contribution in [0.4, 0.5) is 0 Å². The normalized spacial score (nSPS) is 10.8. The van der Waals surface area contributed by atoms with E-state index in [4.69, 9.17) is 20.5 Å². The smallest absolute Gasteiger partial charge is 0.247 e. The summed E-state index contributed by atoms with van der Waals surface area (Å²) in [6.07, 6.45) is 0.0801. The van der Waals surface area contributed by atoms with E-state index < -0.39 is 0 Å². The molecule has 0 aliphatic rings. The van der Waals surface area contributed by atoms with E-state index >= 15 is 0 Å². The number of hydrogen-bond donors (Lipinski definition) is 1. The highest BCUT2D eigenvalue weighted by molar-refractivity contribution is 6.30. The Labute approximate surface area is 165 Å². The Balaban J connectivity index is 1.33. The molecule has 1 N–H and O–H groups in total. The van der Waals surface area contributed by atoms with Gasteiger partial charge in [0, 0.05) is 22.2 Å². The Morgan fingerprint density at radius 3 is 2.57 bits per heavy atom. The summed E-state index contributed by atoms with van der Waals surface area (Å²) in [5.74, 6) is 1.09. The largest absolute Gasteiger partial charge is 0.419 e. The van der Waals surface area contributed by atoms with Crippen molar-refractivity contribution in [2.24, 2.45) is 0 Å². The molecule has 4 aromatic rings. The number of rotatable bonds is 6. The third-order valence-corrected chi connectivity index (χ3v) is 4.21. The number of carbonyl (C=O) groups excluding carboxylic acids is 1. The molecule has 8 heteroatoms. The molecular weight excluding hydrogens is 380 g/mol. The zero-order chi connectivity index (χ0) is 19.3. The van der Waals surface area contributed by atoms with Crippen LogP contribution in [0.3, 0.4) is 0 Å². The zero-order valence-corrected chi connectivity index (χ0v) is 15.4. The van der Waals surface area contributed by atoms with Gasteiger partial charge in [0.05, 0.1) is 18.7 Å². The molecular formula is C20H15ClN4O3. The molecule has 4 rings (SSSR count). The van der Waals surface area contributed by atoms with Crippen molar-refractivity contribution in [1.29, 1.82) is 0 Å². The van der Waals surface area contributed by atoms with Gasteiger partial charge in [-0.3, -0.25) is 4.79 Å². The number of hydrogen-bond acceptors (Lipinski definition) is 6. The van der Waals surface area contributed by atoms with Crippen molar-refractivity contribution in [2.75, 3.05) is 0 Å². The molecule has 0 atom stereocenters. The summed E-state index contributed by atoms with van der Waals surface area (Å²) < 4.78 is 10.9. The molecule has 0 bridgehead atoms. The van der Waals surface area contributed by atoms with E-state index in [1.54, 1.807) is 18.2 Å². The van der Waals surface area contributed by atoms with E-state index in [1.165, 1.54) is 0 Å². The summed E-state index contributed by atoms with van der Waals surface area (Å²) in [6, 6.07) is 18.3. The number of aromatic nitrogens is 3. The van der Waals surface area contributed by atoms with E-state index in [2.05, 4.69) is 20.7 Å². The van der Waals surface area contributed by atoms with Crippen LogP contribution < -0.4 is 5.32 Å². The van der Waals surface area contributed by atoms with Gasteiger partial charge in [0.15, 0.2) is 5.76 Å². The van der Waals surface area contributed by atoms with Crippen LogP contribution in [0.2, 0.25) is 5.02 Å². The molecule has 0 aliphatic carbocycles. The third kappa shape index (κ3) is 4.27. The summed E-state index contributed by atoms with van der Waals surface area (Å²) in [5, 5.41) is 15.2. The Hall–Kier alpha value is -3.45. The average molecular weight is 395 g/mol. The van der Waals surface area contributed by atoms with Gasteiger partial charge in [-0.25, -0.2) is 0 Å².